The molecule has 3 atom stereocenters. The third-order valence-electron chi connectivity index (χ3n) is 6.13. The zero-order valence-corrected chi connectivity index (χ0v) is 24.1. The van der Waals surface area contributed by atoms with Crippen LogP contribution in [-0.4, -0.2) is 79.7 Å². The number of nitrogens with zero attached hydrogens (tertiary/aromatic N) is 2. The van der Waals surface area contributed by atoms with Crippen LogP contribution in [-0.2, 0) is 23.9 Å². The van der Waals surface area contributed by atoms with Crippen molar-refractivity contribution in [2.45, 2.75) is 52.7 Å². The molecule has 0 aromatic heterocycles. The number of carbonyl (C=O) groups excluding carboxylic acids is 4. The first-order valence-electron chi connectivity index (χ1n) is 12.9. The number of hydrogen-bond donors (Lipinski definition) is 1. The Hall–Kier alpha value is -3.82. The summed E-state index contributed by atoms with van der Waals surface area (Å²) in [5, 5.41) is 2.60. The largest absolute Gasteiger partial charge is 0.497 e. The van der Waals surface area contributed by atoms with Gasteiger partial charge in [0.2, 0.25) is 11.8 Å². The molecule has 0 saturated heterocycles. The summed E-state index contributed by atoms with van der Waals surface area (Å²) in [7, 11) is 3.03. The predicted molar refractivity (Wildman–Crippen MR) is 149 cm³/mol. The van der Waals surface area contributed by atoms with Crippen LogP contribution >= 0.6 is 0 Å². The first-order chi connectivity index (χ1) is 18.4. The third-order valence-corrected chi connectivity index (χ3v) is 6.13. The second-order valence-electron chi connectivity index (χ2n) is 9.74. The van der Waals surface area contributed by atoms with E-state index in [0.29, 0.717) is 5.75 Å². The SMILES string of the molecule is C=CCOC(=O)CNC(=O)[C@@H](C(C)C)N(C(=O)[C@H](C(C)C)N(C)C(=O)OCC=C)[C@@H](C)c1cccc(OC)c1. The van der Waals surface area contributed by atoms with Gasteiger partial charge in [-0.3, -0.25) is 19.3 Å². The number of methoxy groups -OCH3 is 1. The highest BCUT2D eigenvalue weighted by atomic mass is 16.6. The quantitative estimate of drug-likeness (QED) is 0.264. The average molecular weight is 546 g/mol. The van der Waals surface area contributed by atoms with Gasteiger partial charge >= 0.3 is 12.1 Å². The molecule has 0 saturated carbocycles. The van der Waals surface area contributed by atoms with E-state index in [4.69, 9.17) is 14.2 Å². The minimum atomic E-state index is -0.982. The molecule has 0 aliphatic heterocycles. The van der Waals surface area contributed by atoms with Crippen LogP contribution in [0.25, 0.3) is 0 Å². The number of ether oxygens (including phenoxy) is 3. The van der Waals surface area contributed by atoms with E-state index in [1.54, 1.807) is 32.2 Å². The normalized spacial score (nSPS) is 13.1. The third kappa shape index (κ3) is 9.46. The molecule has 0 aliphatic carbocycles. The zero-order chi connectivity index (χ0) is 29.7. The van der Waals surface area contributed by atoms with Crippen molar-refractivity contribution in [1.29, 1.82) is 0 Å². The van der Waals surface area contributed by atoms with Gasteiger partial charge in [-0.15, -0.1) is 0 Å². The standard InChI is InChI=1S/C29H43N3O7/c1-10-15-38-24(33)18-30-27(34)25(19(3)4)32(21(7)22-13-12-14-23(17-22)37-9)28(35)26(20(5)6)31(8)29(36)39-16-11-2/h10-14,17,19-21,25-26H,1-2,15-16,18H2,3-9H3,(H,30,34)/t21-,25+,26-/m0/s1. The molecule has 10 nitrogen and oxygen atoms in total. The van der Waals surface area contributed by atoms with Gasteiger partial charge in [-0.2, -0.15) is 0 Å². The summed E-state index contributed by atoms with van der Waals surface area (Å²) in [4.78, 5) is 55.4. The lowest BCUT2D eigenvalue weighted by molar-refractivity contribution is -0.150. The Kier molecular flexibility index (Phi) is 13.8. The van der Waals surface area contributed by atoms with Crippen molar-refractivity contribution in [2.24, 2.45) is 11.8 Å². The van der Waals surface area contributed by atoms with E-state index in [1.165, 1.54) is 29.0 Å². The minimum Gasteiger partial charge on any atom is -0.497 e. The molecular weight excluding hydrogens is 502 g/mol. The highest BCUT2D eigenvalue weighted by molar-refractivity contribution is 5.93. The molecule has 0 radical (unpaired) electrons. The number of esters is 1. The molecule has 1 aromatic rings. The average Bonchev–Trinajstić information content (AvgIpc) is 2.90. The summed E-state index contributed by atoms with van der Waals surface area (Å²) in [5.41, 5.74) is 0.728. The van der Waals surface area contributed by atoms with E-state index in [9.17, 15) is 19.2 Å². The van der Waals surface area contributed by atoms with Crippen LogP contribution in [0.5, 0.6) is 5.75 Å². The van der Waals surface area contributed by atoms with Crippen molar-refractivity contribution >= 4 is 23.9 Å². The molecule has 0 heterocycles. The molecule has 39 heavy (non-hydrogen) atoms. The summed E-state index contributed by atoms with van der Waals surface area (Å²) >= 11 is 0. The Labute approximate surface area is 232 Å². The Morgan fingerprint density at radius 2 is 1.54 bits per heavy atom. The van der Waals surface area contributed by atoms with E-state index in [-0.39, 0.29) is 31.6 Å². The Balaban J connectivity index is 3.56. The van der Waals surface area contributed by atoms with Gasteiger partial charge in [0.1, 0.15) is 37.6 Å². The van der Waals surface area contributed by atoms with E-state index < -0.39 is 42.0 Å². The molecule has 1 N–H and O–H groups in total. The fraction of sp³-hybridized carbons (Fsp3) is 0.517. The second kappa shape index (κ2) is 16.2. The van der Waals surface area contributed by atoms with Crippen molar-refractivity contribution < 1.29 is 33.4 Å². The molecular formula is C29H43N3O7. The first-order valence-corrected chi connectivity index (χ1v) is 12.9. The summed E-state index contributed by atoms with van der Waals surface area (Å²) in [6.45, 7) is 15.7. The number of likely N-dealkylation sites (N-methyl/N-ethyl adjacent to an activating group) is 1. The molecule has 0 fully saturated rings. The van der Waals surface area contributed by atoms with Crippen LogP contribution in [0.15, 0.2) is 49.6 Å². The minimum absolute atomic E-state index is 0.00884. The molecule has 10 heteroatoms. The maximum absolute atomic E-state index is 14.3. The van der Waals surface area contributed by atoms with Gasteiger partial charge in [0, 0.05) is 7.05 Å². The highest BCUT2D eigenvalue weighted by Crippen LogP contribution is 2.31. The van der Waals surface area contributed by atoms with Crippen molar-refractivity contribution in [3.63, 3.8) is 0 Å². The topological polar surface area (TPSA) is 114 Å². The Morgan fingerprint density at radius 3 is 2.08 bits per heavy atom. The molecule has 0 bridgehead atoms. The van der Waals surface area contributed by atoms with Gasteiger partial charge < -0.3 is 24.4 Å². The van der Waals surface area contributed by atoms with Crippen LogP contribution in [0.1, 0.15) is 46.2 Å². The smallest absolute Gasteiger partial charge is 0.410 e. The lowest BCUT2D eigenvalue weighted by Gasteiger charge is -2.42. The molecule has 0 aliphatic rings. The fourth-order valence-electron chi connectivity index (χ4n) is 4.24. The molecule has 1 aromatic carbocycles. The van der Waals surface area contributed by atoms with Gasteiger partial charge in [-0.05, 0) is 36.5 Å². The van der Waals surface area contributed by atoms with E-state index >= 15 is 0 Å². The van der Waals surface area contributed by atoms with Gasteiger partial charge in [-0.1, -0.05) is 65.1 Å². The van der Waals surface area contributed by atoms with Gasteiger partial charge in [0.25, 0.3) is 0 Å². The maximum Gasteiger partial charge on any atom is 0.410 e. The summed E-state index contributed by atoms with van der Waals surface area (Å²) in [6, 6.07) is 4.68. The predicted octanol–water partition coefficient (Wildman–Crippen LogP) is 3.73. The van der Waals surface area contributed by atoms with Crippen molar-refractivity contribution in [2.75, 3.05) is 33.9 Å². The first kappa shape index (κ1) is 33.2. The van der Waals surface area contributed by atoms with Crippen molar-refractivity contribution in [3.8, 4) is 5.75 Å². The molecule has 216 valence electrons. The summed E-state index contributed by atoms with van der Waals surface area (Å²) < 4.78 is 15.5. The van der Waals surface area contributed by atoms with Crippen molar-refractivity contribution in [3.05, 3.63) is 55.1 Å². The fourth-order valence-corrected chi connectivity index (χ4v) is 4.24. The lowest BCUT2D eigenvalue weighted by Crippen LogP contribution is -2.59. The number of amides is 3. The van der Waals surface area contributed by atoms with Crippen LogP contribution in [0, 0.1) is 11.8 Å². The molecule has 0 spiro atoms. The second-order valence-corrected chi connectivity index (χ2v) is 9.74. The van der Waals surface area contributed by atoms with E-state index in [1.807, 2.05) is 33.8 Å². The van der Waals surface area contributed by atoms with Crippen LogP contribution < -0.4 is 10.1 Å². The van der Waals surface area contributed by atoms with Gasteiger partial charge in [0.15, 0.2) is 0 Å². The summed E-state index contributed by atoms with van der Waals surface area (Å²) in [5.74, 6) is -1.67. The van der Waals surface area contributed by atoms with Crippen LogP contribution in [0.2, 0.25) is 0 Å². The highest BCUT2D eigenvalue weighted by Gasteiger charge is 2.42. The number of carbonyl (C=O) groups is 4. The summed E-state index contributed by atoms with van der Waals surface area (Å²) in [6.07, 6.45) is 2.18. The van der Waals surface area contributed by atoms with E-state index in [2.05, 4.69) is 18.5 Å². The number of nitrogens with one attached hydrogen (secondary N) is 1. The molecule has 3 amide bonds. The monoisotopic (exact) mass is 545 g/mol. The number of hydrogen-bond acceptors (Lipinski definition) is 7. The zero-order valence-electron chi connectivity index (χ0n) is 24.1. The van der Waals surface area contributed by atoms with Gasteiger partial charge in [0.05, 0.1) is 13.2 Å². The maximum atomic E-state index is 14.3. The lowest BCUT2D eigenvalue weighted by atomic mass is 9.93. The molecule has 1 rings (SSSR count). The molecule has 0 unspecified atom stereocenters. The number of rotatable bonds is 15. The Bertz CT molecular complexity index is 1010. The van der Waals surface area contributed by atoms with Crippen LogP contribution in [0.3, 0.4) is 0 Å². The number of benzene rings is 1. The van der Waals surface area contributed by atoms with Crippen molar-refractivity contribution in [1.82, 2.24) is 15.1 Å². The Morgan fingerprint density at radius 1 is 0.949 bits per heavy atom. The van der Waals surface area contributed by atoms with Crippen LogP contribution in [0.4, 0.5) is 4.79 Å². The van der Waals surface area contributed by atoms with Gasteiger partial charge in [-0.25, -0.2) is 4.79 Å². The van der Waals surface area contributed by atoms with E-state index in [0.717, 1.165) is 5.56 Å².